The van der Waals surface area contributed by atoms with Crippen LogP contribution in [0.15, 0.2) is 24.3 Å². The van der Waals surface area contributed by atoms with E-state index < -0.39 is 6.10 Å². The van der Waals surface area contributed by atoms with Crippen molar-refractivity contribution in [1.82, 2.24) is 4.90 Å². The number of nitrogens with zero attached hydrogens (tertiary/aromatic N) is 1. The average Bonchev–Trinajstić information content (AvgIpc) is 2.36. The highest BCUT2D eigenvalue weighted by atomic mass is 35.5. The standard InChI is InChI=1S/C16H24ClNO2/c1-12-7-13(2)9-18(8-12)10-14(19)11-20-16-6-4-3-5-15(16)17/h3-6,12-14,19H,7-11H2,1-2H3/t12-,13-,14-/m0/s1. The van der Waals surface area contributed by atoms with Crippen molar-refractivity contribution in [3.05, 3.63) is 29.3 Å². The fourth-order valence-corrected chi connectivity index (χ4v) is 3.23. The van der Waals surface area contributed by atoms with Gasteiger partial charge in [0.15, 0.2) is 0 Å². The summed E-state index contributed by atoms with van der Waals surface area (Å²) in [6.45, 7) is 7.62. The molecule has 0 amide bonds. The topological polar surface area (TPSA) is 32.7 Å². The van der Waals surface area contributed by atoms with Crippen LogP contribution in [0.25, 0.3) is 0 Å². The van der Waals surface area contributed by atoms with Crippen LogP contribution in [0.4, 0.5) is 0 Å². The number of rotatable bonds is 5. The predicted molar refractivity (Wildman–Crippen MR) is 82.3 cm³/mol. The molecule has 0 unspecified atom stereocenters. The van der Waals surface area contributed by atoms with E-state index >= 15 is 0 Å². The number of para-hydroxylation sites is 1. The summed E-state index contributed by atoms with van der Waals surface area (Å²) in [5.41, 5.74) is 0. The summed E-state index contributed by atoms with van der Waals surface area (Å²) in [5.74, 6) is 2.04. The Morgan fingerprint density at radius 3 is 2.60 bits per heavy atom. The van der Waals surface area contributed by atoms with Crippen molar-refractivity contribution in [3.8, 4) is 5.75 Å². The highest BCUT2D eigenvalue weighted by Gasteiger charge is 2.23. The van der Waals surface area contributed by atoms with E-state index in [4.69, 9.17) is 16.3 Å². The lowest BCUT2D eigenvalue weighted by molar-refractivity contribution is 0.0429. The van der Waals surface area contributed by atoms with E-state index in [0.29, 0.717) is 29.2 Å². The first kappa shape index (κ1) is 15.6. The molecule has 4 heteroatoms. The van der Waals surface area contributed by atoms with Crippen molar-refractivity contribution in [2.75, 3.05) is 26.2 Å². The van der Waals surface area contributed by atoms with Crippen molar-refractivity contribution in [1.29, 1.82) is 0 Å². The first-order valence-electron chi connectivity index (χ1n) is 7.32. The van der Waals surface area contributed by atoms with Gasteiger partial charge in [0.1, 0.15) is 18.5 Å². The van der Waals surface area contributed by atoms with Gasteiger partial charge in [0, 0.05) is 19.6 Å². The number of likely N-dealkylation sites (tertiary alicyclic amines) is 1. The molecule has 0 bridgehead atoms. The Kier molecular flexibility index (Phi) is 5.70. The van der Waals surface area contributed by atoms with Gasteiger partial charge in [-0.15, -0.1) is 0 Å². The molecule has 1 saturated heterocycles. The molecule has 1 aromatic rings. The van der Waals surface area contributed by atoms with Crippen LogP contribution in [-0.2, 0) is 0 Å². The Morgan fingerprint density at radius 1 is 1.30 bits per heavy atom. The highest BCUT2D eigenvalue weighted by Crippen LogP contribution is 2.24. The van der Waals surface area contributed by atoms with E-state index in [0.717, 1.165) is 13.1 Å². The summed E-state index contributed by atoms with van der Waals surface area (Å²) < 4.78 is 5.59. The molecule has 1 aliphatic heterocycles. The largest absolute Gasteiger partial charge is 0.489 e. The molecule has 1 heterocycles. The summed E-state index contributed by atoms with van der Waals surface area (Å²) in [5, 5.41) is 10.7. The Labute approximate surface area is 126 Å². The quantitative estimate of drug-likeness (QED) is 0.907. The number of hydrogen-bond donors (Lipinski definition) is 1. The Morgan fingerprint density at radius 2 is 1.95 bits per heavy atom. The van der Waals surface area contributed by atoms with Gasteiger partial charge < -0.3 is 14.7 Å². The number of ether oxygens (including phenoxy) is 1. The summed E-state index contributed by atoms with van der Waals surface area (Å²) in [6, 6.07) is 7.35. The van der Waals surface area contributed by atoms with Gasteiger partial charge in [-0.05, 0) is 30.4 Å². The van der Waals surface area contributed by atoms with Crippen LogP contribution in [0.5, 0.6) is 5.75 Å². The fraction of sp³-hybridized carbons (Fsp3) is 0.625. The van der Waals surface area contributed by atoms with Crippen LogP contribution in [0.2, 0.25) is 5.02 Å². The molecule has 20 heavy (non-hydrogen) atoms. The van der Waals surface area contributed by atoms with Gasteiger partial charge in [0.25, 0.3) is 0 Å². The SMILES string of the molecule is C[C@H]1C[C@H](C)CN(C[C@H](O)COc2ccccc2Cl)C1. The molecule has 1 aliphatic rings. The van der Waals surface area contributed by atoms with E-state index in [2.05, 4.69) is 18.7 Å². The van der Waals surface area contributed by atoms with Crippen LogP contribution in [0, 0.1) is 11.8 Å². The van der Waals surface area contributed by atoms with Gasteiger partial charge in [-0.25, -0.2) is 0 Å². The lowest BCUT2D eigenvalue weighted by Crippen LogP contribution is -2.44. The Balaban J connectivity index is 1.78. The summed E-state index contributed by atoms with van der Waals surface area (Å²) in [6.07, 6.45) is 0.798. The molecule has 0 saturated carbocycles. The van der Waals surface area contributed by atoms with Crippen LogP contribution in [0.1, 0.15) is 20.3 Å². The van der Waals surface area contributed by atoms with Crippen molar-refractivity contribution in [3.63, 3.8) is 0 Å². The van der Waals surface area contributed by atoms with Gasteiger partial charge in [-0.1, -0.05) is 37.6 Å². The second kappa shape index (κ2) is 7.30. The van der Waals surface area contributed by atoms with Crippen LogP contribution >= 0.6 is 11.6 Å². The summed E-state index contributed by atoms with van der Waals surface area (Å²) in [4.78, 5) is 2.33. The molecular weight excluding hydrogens is 274 g/mol. The van der Waals surface area contributed by atoms with Gasteiger partial charge in [0.05, 0.1) is 5.02 Å². The van der Waals surface area contributed by atoms with E-state index in [1.54, 1.807) is 6.07 Å². The van der Waals surface area contributed by atoms with E-state index in [9.17, 15) is 5.11 Å². The molecule has 3 atom stereocenters. The van der Waals surface area contributed by atoms with Crippen LogP contribution in [-0.4, -0.2) is 42.4 Å². The summed E-state index contributed by atoms with van der Waals surface area (Å²) >= 11 is 6.02. The van der Waals surface area contributed by atoms with E-state index in [1.165, 1.54) is 6.42 Å². The lowest BCUT2D eigenvalue weighted by atomic mass is 9.92. The summed E-state index contributed by atoms with van der Waals surface area (Å²) in [7, 11) is 0. The number of halogens is 1. The first-order valence-corrected chi connectivity index (χ1v) is 7.70. The molecule has 0 aromatic heterocycles. The van der Waals surface area contributed by atoms with Crippen LogP contribution in [0.3, 0.4) is 0 Å². The molecule has 2 rings (SSSR count). The van der Waals surface area contributed by atoms with Gasteiger partial charge in [-0.2, -0.15) is 0 Å². The van der Waals surface area contributed by atoms with E-state index in [-0.39, 0.29) is 6.61 Å². The molecule has 1 fully saturated rings. The second-order valence-electron chi connectivity index (χ2n) is 6.06. The van der Waals surface area contributed by atoms with Gasteiger partial charge in [0.2, 0.25) is 0 Å². The third-order valence-corrected chi connectivity index (χ3v) is 3.99. The fourth-order valence-electron chi connectivity index (χ4n) is 3.04. The van der Waals surface area contributed by atoms with Gasteiger partial charge >= 0.3 is 0 Å². The maximum Gasteiger partial charge on any atom is 0.138 e. The molecule has 0 radical (unpaired) electrons. The zero-order valence-electron chi connectivity index (χ0n) is 12.3. The van der Waals surface area contributed by atoms with Crippen molar-refractivity contribution < 1.29 is 9.84 Å². The first-order chi connectivity index (χ1) is 9.54. The molecule has 112 valence electrons. The molecule has 0 spiro atoms. The average molecular weight is 298 g/mol. The predicted octanol–water partition coefficient (Wildman–Crippen LogP) is 3.06. The lowest BCUT2D eigenvalue weighted by Gasteiger charge is -2.35. The minimum atomic E-state index is -0.483. The van der Waals surface area contributed by atoms with Gasteiger partial charge in [-0.3, -0.25) is 0 Å². The molecule has 1 aromatic carbocycles. The number of aliphatic hydroxyl groups is 1. The Bertz CT molecular complexity index is 417. The maximum atomic E-state index is 10.1. The molecule has 1 N–H and O–H groups in total. The Hall–Kier alpha value is -0.770. The van der Waals surface area contributed by atoms with Crippen molar-refractivity contribution in [2.24, 2.45) is 11.8 Å². The third-order valence-electron chi connectivity index (χ3n) is 3.68. The minimum Gasteiger partial charge on any atom is -0.489 e. The van der Waals surface area contributed by atoms with E-state index in [1.807, 2.05) is 18.2 Å². The number of aliphatic hydroxyl groups excluding tert-OH is 1. The maximum absolute atomic E-state index is 10.1. The van der Waals surface area contributed by atoms with Crippen molar-refractivity contribution in [2.45, 2.75) is 26.4 Å². The number of hydrogen-bond acceptors (Lipinski definition) is 3. The second-order valence-corrected chi connectivity index (χ2v) is 6.47. The minimum absolute atomic E-state index is 0.281. The number of piperidine rings is 1. The molecule has 0 aliphatic carbocycles. The normalized spacial score (nSPS) is 25.4. The highest BCUT2D eigenvalue weighted by molar-refractivity contribution is 6.32. The van der Waals surface area contributed by atoms with Crippen molar-refractivity contribution >= 4 is 11.6 Å². The molecular formula is C16H24ClNO2. The number of benzene rings is 1. The smallest absolute Gasteiger partial charge is 0.138 e. The number of β-amino-alcohol motifs (C(OH)–C–C–N with tert-alkyl or cyclic N) is 1. The molecule has 3 nitrogen and oxygen atoms in total. The zero-order valence-corrected chi connectivity index (χ0v) is 13.0. The monoisotopic (exact) mass is 297 g/mol. The van der Waals surface area contributed by atoms with Crippen LogP contribution < -0.4 is 4.74 Å². The zero-order chi connectivity index (χ0) is 14.5. The third kappa shape index (κ3) is 4.65.